The fourth-order valence-corrected chi connectivity index (χ4v) is 1.48. The Morgan fingerprint density at radius 1 is 1.25 bits per heavy atom. The maximum Gasteiger partial charge on any atom is 0.356 e. The molecule has 0 fully saturated rings. The highest BCUT2D eigenvalue weighted by atomic mass is 31.2. The van der Waals surface area contributed by atoms with Crippen LogP contribution in [0.3, 0.4) is 0 Å². The lowest BCUT2D eigenvalue weighted by molar-refractivity contribution is 0.387. The van der Waals surface area contributed by atoms with Crippen LogP contribution in [-0.2, 0) is 4.57 Å². The predicted octanol–water partition coefficient (Wildman–Crippen LogP) is 0.692. The van der Waals surface area contributed by atoms with E-state index in [0.717, 1.165) is 5.69 Å². The fourth-order valence-electron chi connectivity index (χ4n) is 0.752. The second-order valence-corrected chi connectivity index (χ2v) is 4.13. The normalized spacial score (nSPS) is 11.2. The largest absolute Gasteiger partial charge is 0.369 e. The van der Waals surface area contributed by atoms with Crippen molar-refractivity contribution in [1.29, 1.82) is 0 Å². The molecule has 0 heterocycles. The van der Waals surface area contributed by atoms with Crippen LogP contribution >= 0.6 is 17.0 Å². The first kappa shape index (κ1) is 9.69. The Bertz CT molecular complexity index is 305. The number of nitrogens with one attached hydrogen (secondary N) is 1. The summed E-state index contributed by atoms with van der Waals surface area (Å²) in [5.74, 6) is 0. The lowest BCUT2D eigenvalue weighted by Gasteiger charge is -2.04. The molecular weight excluding hydrogens is 196 g/mol. The van der Waals surface area contributed by atoms with Gasteiger partial charge in [-0.3, -0.25) is 4.57 Å². The zero-order valence-corrected chi connectivity index (χ0v) is 8.19. The molecule has 0 saturated heterocycles. The van der Waals surface area contributed by atoms with Crippen LogP contribution in [0.1, 0.15) is 0 Å². The van der Waals surface area contributed by atoms with Gasteiger partial charge in [-0.15, -0.1) is 0 Å². The molecule has 1 unspecified atom stereocenters. The van der Waals surface area contributed by atoms with Crippen LogP contribution in [0, 0.1) is 0 Å². The van der Waals surface area contributed by atoms with Crippen LogP contribution in [-0.4, -0.2) is 9.79 Å². The smallest absolute Gasteiger partial charge is 0.356 e. The Labute approximate surface area is 72.4 Å². The van der Waals surface area contributed by atoms with Crippen LogP contribution in [0.25, 0.3) is 0 Å². The van der Waals surface area contributed by atoms with Gasteiger partial charge in [0.15, 0.2) is 0 Å². The third-order valence-electron chi connectivity index (χ3n) is 1.37. The topological polar surface area (TPSA) is 69.6 Å². The first-order chi connectivity index (χ1) is 5.54. The lowest BCUT2D eigenvalue weighted by atomic mass is 10.3. The van der Waals surface area contributed by atoms with E-state index < -0.39 is 7.60 Å². The summed E-state index contributed by atoms with van der Waals surface area (Å²) in [7, 11) is -1.79. The standard InChI is InChI=1S/C6H9NO3P2/c8-12(9,10)6-3-1-5(7-11)2-4-6/h1-4,7H,11H2,(H2,8,9,10). The first-order valence-corrected chi connectivity index (χ1v) is 5.36. The molecule has 1 aromatic carbocycles. The molecule has 6 heteroatoms. The van der Waals surface area contributed by atoms with Gasteiger partial charge < -0.3 is 14.9 Å². The van der Waals surface area contributed by atoms with E-state index in [9.17, 15) is 4.57 Å². The van der Waals surface area contributed by atoms with E-state index in [1.807, 2.05) is 0 Å². The summed E-state index contributed by atoms with van der Waals surface area (Å²) < 4.78 is 10.7. The molecule has 1 atom stereocenters. The average molecular weight is 205 g/mol. The number of anilines is 1. The third kappa shape index (κ3) is 2.29. The Morgan fingerprint density at radius 2 is 1.75 bits per heavy atom. The minimum absolute atomic E-state index is 0.0338. The van der Waals surface area contributed by atoms with E-state index in [0.29, 0.717) is 0 Å². The molecule has 0 aromatic heterocycles. The van der Waals surface area contributed by atoms with Gasteiger partial charge in [0.2, 0.25) is 0 Å². The minimum atomic E-state index is -4.08. The Hall–Kier alpha value is -0.400. The van der Waals surface area contributed by atoms with E-state index in [-0.39, 0.29) is 5.30 Å². The maximum absolute atomic E-state index is 10.7. The number of hydrogen-bond donors (Lipinski definition) is 3. The van der Waals surface area contributed by atoms with Gasteiger partial charge in [-0.2, -0.15) is 0 Å². The molecule has 12 heavy (non-hydrogen) atoms. The van der Waals surface area contributed by atoms with Gasteiger partial charge in [-0.05, 0) is 33.7 Å². The van der Waals surface area contributed by atoms with Crippen molar-refractivity contribution in [1.82, 2.24) is 0 Å². The molecule has 0 aliphatic heterocycles. The van der Waals surface area contributed by atoms with Gasteiger partial charge >= 0.3 is 7.60 Å². The Morgan fingerprint density at radius 3 is 2.08 bits per heavy atom. The molecule has 4 nitrogen and oxygen atoms in total. The van der Waals surface area contributed by atoms with Crippen LogP contribution in [0.2, 0.25) is 0 Å². The van der Waals surface area contributed by atoms with Crippen molar-refractivity contribution in [2.45, 2.75) is 0 Å². The van der Waals surface area contributed by atoms with E-state index >= 15 is 0 Å². The third-order valence-corrected chi connectivity index (χ3v) is 2.67. The fraction of sp³-hybridized carbons (Fsp3) is 0. The zero-order valence-electron chi connectivity index (χ0n) is 6.14. The highest BCUT2D eigenvalue weighted by molar-refractivity contribution is 7.60. The first-order valence-electron chi connectivity index (χ1n) is 3.17. The molecule has 0 aliphatic rings. The van der Waals surface area contributed by atoms with Crippen molar-refractivity contribution in [2.24, 2.45) is 0 Å². The molecule has 0 amide bonds. The number of hydrogen-bond acceptors (Lipinski definition) is 2. The van der Waals surface area contributed by atoms with E-state index in [4.69, 9.17) is 9.79 Å². The highest BCUT2D eigenvalue weighted by Gasteiger charge is 2.15. The molecular formula is C6H9NO3P2. The van der Waals surface area contributed by atoms with Crippen molar-refractivity contribution in [3.8, 4) is 0 Å². The van der Waals surface area contributed by atoms with Gasteiger partial charge in [0.25, 0.3) is 0 Å². The summed E-state index contributed by atoms with van der Waals surface area (Å²) in [4.78, 5) is 17.5. The summed E-state index contributed by atoms with van der Waals surface area (Å²) in [6.45, 7) is 0. The quantitative estimate of drug-likeness (QED) is 0.621. The molecule has 0 saturated carbocycles. The number of benzene rings is 1. The SMILES string of the molecule is O=P(O)(O)c1ccc(NP)cc1. The van der Waals surface area contributed by atoms with Crippen LogP contribution < -0.4 is 10.4 Å². The van der Waals surface area contributed by atoms with E-state index in [1.165, 1.54) is 12.1 Å². The molecule has 1 rings (SSSR count). The lowest BCUT2D eigenvalue weighted by Crippen LogP contribution is -2.02. The molecule has 0 aliphatic carbocycles. The molecule has 3 N–H and O–H groups in total. The summed E-state index contributed by atoms with van der Waals surface area (Å²) in [5, 5.41) is 2.80. The summed E-state index contributed by atoms with van der Waals surface area (Å²) in [6.07, 6.45) is 0. The van der Waals surface area contributed by atoms with Gasteiger partial charge in [0.1, 0.15) is 0 Å². The Kier molecular flexibility index (Phi) is 2.86. The van der Waals surface area contributed by atoms with Crippen molar-refractivity contribution in [3.63, 3.8) is 0 Å². The minimum Gasteiger partial charge on any atom is -0.369 e. The van der Waals surface area contributed by atoms with Crippen molar-refractivity contribution in [2.75, 3.05) is 5.09 Å². The zero-order chi connectivity index (χ0) is 9.19. The molecule has 66 valence electrons. The van der Waals surface area contributed by atoms with E-state index in [1.54, 1.807) is 12.1 Å². The summed E-state index contributed by atoms with van der Waals surface area (Å²) in [5.41, 5.74) is 0.789. The summed E-state index contributed by atoms with van der Waals surface area (Å²) >= 11 is 0. The highest BCUT2D eigenvalue weighted by Crippen LogP contribution is 2.33. The van der Waals surface area contributed by atoms with Crippen LogP contribution in [0.15, 0.2) is 24.3 Å². The number of rotatable bonds is 2. The van der Waals surface area contributed by atoms with Crippen molar-refractivity contribution < 1.29 is 14.4 Å². The van der Waals surface area contributed by atoms with E-state index in [2.05, 4.69) is 14.5 Å². The monoisotopic (exact) mass is 205 g/mol. The van der Waals surface area contributed by atoms with Crippen LogP contribution in [0.4, 0.5) is 5.69 Å². The second kappa shape index (κ2) is 3.55. The van der Waals surface area contributed by atoms with Gasteiger partial charge in [0, 0.05) is 5.69 Å². The van der Waals surface area contributed by atoms with Gasteiger partial charge in [-0.25, -0.2) is 0 Å². The Balaban J connectivity index is 3.01. The predicted molar refractivity (Wildman–Crippen MR) is 51.5 cm³/mol. The molecule has 0 bridgehead atoms. The van der Waals surface area contributed by atoms with Crippen LogP contribution in [0.5, 0.6) is 0 Å². The molecule has 0 radical (unpaired) electrons. The molecule has 0 spiro atoms. The second-order valence-electron chi connectivity index (χ2n) is 2.24. The summed E-state index contributed by atoms with van der Waals surface area (Å²) in [6, 6.07) is 5.99. The average Bonchev–Trinajstić information content (AvgIpc) is 2.03. The molecule has 1 aromatic rings. The van der Waals surface area contributed by atoms with Gasteiger partial charge in [0.05, 0.1) is 5.30 Å². The van der Waals surface area contributed by atoms with Gasteiger partial charge in [-0.1, -0.05) is 0 Å². The van der Waals surface area contributed by atoms with Crippen molar-refractivity contribution >= 4 is 28.0 Å². The maximum atomic E-state index is 10.7. The van der Waals surface area contributed by atoms with Crippen molar-refractivity contribution in [3.05, 3.63) is 24.3 Å².